The van der Waals surface area contributed by atoms with Crippen LogP contribution in [-0.4, -0.2) is 34.1 Å². The Bertz CT molecular complexity index is 366. The molecule has 90 valence electrons. The summed E-state index contributed by atoms with van der Waals surface area (Å²) in [6, 6.07) is 0. The molecule has 0 aliphatic heterocycles. The normalized spacial score (nSPS) is 13.0. The van der Waals surface area contributed by atoms with E-state index in [0.29, 0.717) is 0 Å². The van der Waals surface area contributed by atoms with Crippen LogP contribution in [-0.2, 0) is 14.4 Å². The van der Waals surface area contributed by atoms with Crippen LogP contribution in [0.15, 0.2) is 11.1 Å². The minimum atomic E-state index is -5.41. The van der Waals surface area contributed by atoms with E-state index in [9.17, 15) is 27.6 Å². The van der Waals surface area contributed by atoms with Crippen LogP contribution in [0.25, 0.3) is 0 Å². The number of alkyl halides is 3. The van der Waals surface area contributed by atoms with Crippen molar-refractivity contribution in [1.82, 2.24) is 0 Å². The number of carboxylic acids is 2. The van der Waals surface area contributed by atoms with Gasteiger partial charge in [-0.3, -0.25) is 4.79 Å². The second-order valence-electron chi connectivity index (χ2n) is 2.64. The molecule has 0 aromatic rings. The lowest BCUT2D eigenvalue weighted by Gasteiger charge is -2.08. The highest BCUT2D eigenvalue weighted by Crippen LogP contribution is 2.24. The van der Waals surface area contributed by atoms with Crippen LogP contribution in [0.5, 0.6) is 0 Å². The summed E-state index contributed by atoms with van der Waals surface area (Å²) in [4.78, 5) is 31.6. The molecule has 0 saturated heterocycles. The maximum Gasteiger partial charge on any atom is 0.455 e. The summed E-state index contributed by atoms with van der Waals surface area (Å²) in [6.07, 6.45) is -5.91. The van der Waals surface area contributed by atoms with Gasteiger partial charge >= 0.3 is 18.1 Å². The summed E-state index contributed by atoms with van der Waals surface area (Å²) in [5.74, 6) is -6.74. The Morgan fingerprint density at radius 1 is 1.06 bits per heavy atom. The van der Waals surface area contributed by atoms with E-state index in [4.69, 9.17) is 10.2 Å². The van der Waals surface area contributed by atoms with E-state index < -0.39 is 41.5 Å². The monoisotopic (exact) mass is 240 g/mol. The summed E-state index contributed by atoms with van der Waals surface area (Å²) in [5.41, 5.74) is -2.82. The van der Waals surface area contributed by atoms with Crippen LogP contribution in [0.2, 0.25) is 0 Å². The largest absolute Gasteiger partial charge is 0.478 e. The number of rotatable bonds is 4. The smallest absolute Gasteiger partial charge is 0.455 e. The maximum atomic E-state index is 12.0. The molecule has 0 amide bonds. The molecule has 16 heavy (non-hydrogen) atoms. The average Bonchev–Trinajstić information content (AvgIpc) is 2.09. The van der Waals surface area contributed by atoms with E-state index in [-0.39, 0.29) is 0 Å². The number of hydrogen-bond acceptors (Lipinski definition) is 3. The molecule has 0 aromatic heterocycles. The van der Waals surface area contributed by atoms with E-state index in [1.165, 1.54) is 0 Å². The topological polar surface area (TPSA) is 91.7 Å². The Morgan fingerprint density at radius 3 is 1.69 bits per heavy atom. The molecule has 0 atom stereocenters. The molecule has 2 N–H and O–H groups in total. The van der Waals surface area contributed by atoms with Gasteiger partial charge in [0.05, 0.1) is 5.57 Å². The number of carboxylic acid groups (broad SMARTS) is 2. The van der Waals surface area contributed by atoms with Gasteiger partial charge in [-0.15, -0.1) is 0 Å². The molecular weight excluding hydrogens is 233 g/mol. The Morgan fingerprint density at radius 2 is 1.50 bits per heavy atom. The number of halogens is 3. The molecule has 0 fully saturated rings. The SMILES string of the molecule is CC/C(C(=O)O)=C(\C(=O)O)C(=O)C(F)(F)F. The first kappa shape index (κ1) is 14.1. The van der Waals surface area contributed by atoms with Crippen molar-refractivity contribution in [3.05, 3.63) is 11.1 Å². The van der Waals surface area contributed by atoms with Crippen molar-refractivity contribution in [2.45, 2.75) is 19.5 Å². The van der Waals surface area contributed by atoms with Crippen molar-refractivity contribution < 1.29 is 37.8 Å². The van der Waals surface area contributed by atoms with Crippen LogP contribution in [0.3, 0.4) is 0 Å². The van der Waals surface area contributed by atoms with Crippen molar-refractivity contribution in [2.75, 3.05) is 0 Å². The number of ketones is 1. The molecule has 5 nitrogen and oxygen atoms in total. The van der Waals surface area contributed by atoms with Gasteiger partial charge in [0.15, 0.2) is 0 Å². The second-order valence-corrected chi connectivity index (χ2v) is 2.64. The third kappa shape index (κ3) is 3.07. The Balaban J connectivity index is 5.75. The van der Waals surface area contributed by atoms with Gasteiger partial charge in [0.1, 0.15) is 5.57 Å². The molecule has 0 aromatic carbocycles. The number of carbonyl (C=O) groups is 3. The summed E-state index contributed by atoms with van der Waals surface area (Å²) < 4.78 is 35.9. The first-order valence-electron chi connectivity index (χ1n) is 3.94. The molecule has 8 heteroatoms. The third-order valence-electron chi connectivity index (χ3n) is 1.61. The number of hydrogen-bond donors (Lipinski definition) is 2. The van der Waals surface area contributed by atoms with Gasteiger partial charge < -0.3 is 10.2 Å². The van der Waals surface area contributed by atoms with Crippen molar-refractivity contribution in [1.29, 1.82) is 0 Å². The summed E-state index contributed by atoms with van der Waals surface area (Å²) >= 11 is 0. The van der Waals surface area contributed by atoms with E-state index >= 15 is 0 Å². The van der Waals surface area contributed by atoms with Crippen LogP contribution in [0.4, 0.5) is 13.2 Å². The van der Waals surface area contributed by atoms with E-state index in [1.807, 2.05) is 0 Å². The van der Waals surface area contributed by atoms with Gasteiger partial charge in [-0.1, -0.05) is 6.92 Å². The molecule has 0 unspecified atom stereocenters. The summed E-state index contributed by atoms with van der Waals surface area (Å²) in [7, 11) is 0. The molecule has 0 aliphatic rings. The van der Waals surface area contributed by atoms with Gasteiger partial charge in [-0.25, -0.2) is 9.59 Å². The van der Waals surface area contributed by atoms with Crippen LogP contribution in [0, 0.1) is 0 Å². The van der Waals surface area contributed by atoms with Crippen LogP contribution in [0.1, 0.15) is 13.3 Å². The lowest BCUT2D eigenvalue weighted by molar-refractivity contribution is -0.168. The van der Waals surface area contributed by atoms with Gasteiger partial charge in [0, 0.05) is 0 Å². The number of carbonyl (C=O) groups excluding carboxylic acids is 1. The Kier molecular flexibility index (Phi) is 4.22. The lowest BCUT2D eigenvalue weighted by atomic mass is 10.0. The van der Waals surface area contributed by atoms with Gasteiger partial charge in [0.2, 0.25) is 0 Å². The first-order chi connectivity index (χ1) is 7.12. The van der Waals surface area contributed by atoms with Crippen LogP contribution < -0.4 is 0 Å². The number of aliphatic carboxylic acids is 2. The predicted octanol–water partition coefficient (Wildman–Crippen LogP) is 0.994. The Labute approximate surface area is 87.2 Å². The standard InChI is InChI=1S/C8H7F3O5/c1-2-3(6(13)14)4(7(15)16)5(12)8(9,10)11/h2H2,1H3,(H,13,14)(H,15,16)/b4-3+. The van der Waals surface area contributed by atoms with E-state index in [1.54, 1.807) is 0 Å². The van der Waals surface area contributed by atoms with Crippen LogP contribution >= 0.6 is 0 Å². The first-order valence-corrected chi connectivity index (χ1v) is 3.94. The van der Waals surface area contributed by atoms with Gasteiger partial charge in [-0.05, 0) is 6.42 Å². The molecular formula is C8H7F3O5. The molecule has 0 bridgehead atoms. The quantitative estimate of drug-likeness (QED) is 0.434. The molecule has 0 heterocycles. The van der Waals surface area contributed by atoms with E-state index in [2.05, 4.69) is 0 Å². The third-order valence-corrected chi connectivity index (χ3v) is 1.61. The van der Waals surface area contributed by atoms with Crippen molar-refractivity contribution >= 4 is 17.7 Å². The van der Waals surface area contributed by atoms with Crippen molar-refractivity contribution in [3.8, 4) is 0 Å². The fourth-order valence-corrected chi connectivity index (χ4v) is 0.940. The lowest BCUT2D eigenvalue weighted by Crippen LogP contribution is -2.30. The highest BCUT2D eigenvalue weighted by atomic mass is 19.4. The van der Waals surface area contributed by atoms with Gasteiger partial charge in [0.25, 0.3) is 5.78 Å². The molecule has 0 saturated carbocycles. The average molecular weight is 240 g/mol. The zero-order valence-electron chi connectivity index (χ0n) is 7.96. The zero-order valence-corrected chi connectivity index (χ0v) is 7.96. The second kappa shape index (κ2) is 4.77. The Hall–Kier alpha value is -1.86. The van der Waals surface area contributed by atoms with Gasteiger partial charge in [-0.2, -0.15) is 13.2 Å². The van der Waals surface area contributed by atoms with Crippen molar-refractivity contribution in [2.24, 2.45) is 0 Å². The maximum absolute atomic E-state index is 12.0. The molecule has 0 spiro atoms. The fraction of sp³-hybridized carbons (Fsp3) is 0.375. The molecule has 0 rings (SSSR count). The minimum Gasteiger partial charge on any atom is -0.478 e. The molecule has 0 aliphatic carbocycles. The summed E-state index contributed by atoms with van der Waals surface area (Å²) in [5, 5.41) is 16.9. The van der Waals surface area contributed by atoms with E-state index in [0.717, 1.165) is 6.92 Å². The number of Topliss-reactive ketones (excluding diaryl/α,β-unsaturated/α-hetero) is 1. The summed E-state index contributed by atoms with van der Waals surface area (Å²) in [6.45, 7) is 1.13. The highest BCUT2D eigenvalue weighted by molar-refractivity contribution is 6.22. The molecule has 0 radical (unpaired) electrons. The predicted molar refractivity (Wildman–Crippen MR) is 43.7 cm³/mol. The highest BCUT2D eigenvalue weighted by Gasteiger charge is 2.45. The zero-order chi connectivity index (χ0) is 13.1. The minimum absolute atomic E-state index is 0.501. The fourth-order valence-electron chi connectivity index (χ4n) is 0.940. The van der Waals surface area contributed by atoms with Crippen molar-refractivity contribution in [3.63, 3.8) is 0 Å².